The molecule has 6 heteroatoms. The number of methoxy groups -OCH3 is 1. The first-order chi connectivity index (χ1) is 11.1. The van der Waals surface area contributed by atoms with Crippen molar-refractivity contribution >= 4 is 16.8 Å². The summed E-state index contributed by atoms with van der Waals surface area (Å²) in [5.74, 6) is 0.638. The van der Waals surface area contributed by atoms with Crippen molar-refractivity contribution in [3.63, 3.8) is 0 Å². The van der Waals surface area contributed by atoms with Crippen molar-refractivity contribution in [1.29, 1.82) is 0 Å². The van der Waals surface area contributed by atoms with E-state index in [1.54, 1.807) is 19.6 Å². The SMILES string of the molecule is CCn1cncc1CNC(=O)c1cc2c(C)cc(OC)cc2[nH]1. The largest absolute Gasteiger partial charge is 0.497 e. The van der Waals surface area contributed by atoms with Crippen LogP contribution in [0.4, 0.5) is 0 Å². The van der Waals surface area contributed by atoms with Gasteiger partial charge in [-0.2, -0.15) is 0 Å². The number of carbonyl (C=O) groups excluding carboxylic acids is 1. The lowest BCUT2D eigenvalue weighted by molar-refractivity contribution is 0.0946. The van der Waals surface area contributed by atoms with Gasteiger partial charge in [0.2, 0.25) is 0 Å². The van der Waals surface area contributed by atoms with E-state index in [4.69, 9.17) is 4.74 Å². The van der Waals surface area contributed by atoms with Crippen LogP contribution in [0.2, 0.25) is 0 Å². The van der Waals surface area contributed by atoms with E-state index in [1.165, 1.54) is 0 Å². The summed E-state index contributed by atoms with van der Waals surface area (Å²) < 4.78 is 7.27. The molecule has 120 valence electrons. The summed E-state index contributed by atoms with van der Waals surface area (Å²) in [5.41, 5.74) is 3.48. The molecule has 0 aliphatic rings. The second-order valence-corrected chi connectivity index (χ2v) is 5.44. The third kappa shape index (κ3) is 2.92. The van der Waals surface area contributed by atoms with Gasteiger partial charge in [-0.25, -0.2) is 4.98 Å². The lowest BCUT2D eigenvalue weighted by atomic mass is 10.1. The smallest absolute Gasteiger partial charge is 0.268 e. The van der Waals surface area contributed by atoms with Crippen molar-refractivity contribution in [2.75, 3.05) is 7.11 Å². The lowest BCUT2D eigenvalue weighted by Gasteiger charge is -2.06. The Hall–Kier alpha value is -2.76. The fourth-order valence-electron chi connectivity index (χ4n) is 2.67. The van der Waals surface area contributed by atoms with Gasteiger partial charge in [0, 0.05) is 29.7 Å². The van der Waals surface area contributed by atoms with Gasteiger partial charge in [-0.1, -0.05) is 0 Å². The van der Waals surface area contributed by atoms with Gasteiger partial charge in [-0.15, -0.1) is 0 Å². The molecule has 0 fully saturated rings. The Labute approximate surface area is 134 Å². The first-order valence-electron chi connectivity index (χ1n) is 7.57. The number of rotatable bonds is 5. The van der Waals surface area contributed by atoms with E-state index in [-0.39, 0.29) is 5.91 Å². The topological polar surface area (TPSA) is 71.9 Å². The van der Waals surface area contributed by atoms with E-state index in [2.05, 4.69) is 15.3 Å². The highest BCUT2D eigenvalue weighted by Gasteiger charge is 2.12. The van der Waals surface area contributed by atoms with Gasteiger partial charge in [0.25, 0.3) is 5.91 Å². The van der Waals surface area contributed by atoms with Gasteiger partial charge in [0.1, 0.15) is 11.4 Å². The Morgan fingerprint density at radius 1 is 1.39 bits per heavy atom. The first kappa shape index (κ1) is 15.1. The number of aryl methyl sites for hydroxylation is 2. The van der Waals surface area contributed by atoms with Crippen molar-refractivity contribution in [1.82, 2.24) is 19.9 Å². The van der Waals surface area contributed by atoms with E-state index in [1.807, 2.05) is 36.6 Å². The molecule has 3 aromatic rings. The zero-order chi connectivity index (χ0) is 16.4. The molecular weight excluding hydrogens is 292 g/mol. The van der Waals surface area contributed by atoms with Crippen molar-refractivity contribution in [3.05, 3.63) is 47.7 Å². The molecule has 0 spiro atoms. The van der Waals surface area contributed by atoms with E-state index < -0.39 is 0 Å². The molecule has 0 radical (unpaired) electrons. The number of aromatic nitrogens is 3. The van der Waals surface area contributed by atoms with E-state index in [0.717, 1.165) is 34.5 Å². The minimum absolute atomic E-state index is 0.136. The normalized spacial score (nSPS) is 10.9. The summed E-state index contributed by atoms with van der Waals surface area (Å²) in [4.78, 5) is 19.6. The Balaban J connectivity index is 1.79. The molecule has 0 saturated carbocycles. The summed E-state index contributed by atoms with van der Waals surface area (Å²) in [6.07, 6.45) is 3.53. The van der Waals surface area contributed by atoms with Crippen LogP contribution in [0.25, 0.3) is 10.9 Å². The second-order valence-electron chi connectivity index (χ2n) is 5.44. The molecule has 3 rings (SSSR count). The fraction of sp³-hybridized carbons (Fsp3) is 0.294. The van der Waals surface area contributed by atoms with E-state index in [9.17, 15) is 4.79 Å². The van der Waals surface area contributed by atoms with Crippen LogP contribution in [0, 0.1) is 6.92 Å². The highest BCUT2D eigenvalue weighted by atomic mass is 16.5. The number of nitrogens with zero attached hydrogens (tertiary/aromatic N) is 2. The highest BCUT2D eigenvalue weighted by Crippen LogP contribution is 2.25. The molecule has 2 N–H and O–H groups in total. The van der Waals surface area contributed by atoms with Crippen LogP contribution in [0.15, 0.2) is 30.7 Å². The molecule has 0 aliphatic heterocycles. The quantitative estimate of drug-likeness (QED) is 0.761. The number of ether oxygens (including phenoxy) is 1. The van der Waals surface area contributed by atoms with Gasteiger partial charge in [0.15, 0.2) is 0 Å². The number of aromatic amines is 1. The second kappa shape index (κ2) is 6.16. The number of imidazole rings is 1. The Morgan fingerprint density at radius 2 is 2.22 bits per heavy atom. The van der Waals surface area contributed by atoms with Crippen LogP contribution in [0.1, 0.15) is 28.7 Å². The fourth-order valence-corrected chi connectivity index (χ4v) is 2.67. The van der Waals surface area contributed by atoms with Gasteiger partial charge in [0.05, 0.1) is 25.7 Å². The molecule has 6 nitrogen and oxygen atoms in total. The van der Waals surface area contributed by atoms with Crippen LogP contribution in [-0.4, -0.2) is 27.6 Å². The molecule has 0 aliphatic carbocycles. The van der Waals surface area contributed by atoms with Crippen LogP contribution in [0.3, 0.4) is 0 Å². The average Bonchev–Trinajstić information content (AvgIpc) is 3.18. The van der Waals surface area contributed by atoms with Gasteiger partial charge in [-0.3, -0.25) is 4.79 Å². The van der Waals surface area contributed by atoms with Crippen LogP contribution in [0.5, 0.6) is 5.75 Å². The summed E-state index contributed by atoms with van der Waals surface area (Å²) in [5, 5.41) is 3.95. The number of H-pyrrole nitrogens is 1. The maximum atomic E-state index is 12.4. The van der Waals surface area contributed by atoms with Gasteiger partial charge < -0.3 is 19.6 Å². The zero-order valence-electron chi connectivity index (χ0n) is 13.5. The lowest BCUT2D eigenvalue weighted by Crippen LogP contribution is -2.24. The number of benzene rings is 1. The molecule has 23 heavy (non-hydrogen) atoms. The van der Waals surface area contributed by atoms with Gasteiger partial charge in [-0.05, 0) is 31.5 Å². The number of carbonyl (C=O) groups is 1. The average molecular weight is 312 g/mol. The molecule has 0 unspecified atom stereocenters. The number of amides is 1. The predicted molar refractivity (Wildman–Crippen MR) is 88.7 cm³/mol. The Kier molecular flexibility index (Phi) is 4.06. The molecule has 2 heterocycles. The molecule has 1 aromatic carbocycles. The summed E-state index contributed by atoms with van der Waals surface area (Å²) in [6, 6.07) is 5.72. The van der Waals surface area contributed by atoms with Crippen molar-refractivity contribution in [2.45, 2.75) is 26.9 Å². The monoisotopic (exact) mass is 312 g/mol. The summed E-state index contributed by atoms with van der Waals surface area (Å²) in [7, 11) is 1.63. The standard InChI is InChI=1S/C17H20N4O2/c1-4-21-10-18-8-12(21)9-19-17(22)16-7-14-11(2)5-13(23-3)6-15(14)20-16/h5-8,10,20H,4,9H2,1-3H3,(H,19,22). The molecule has 0 bridgehead atoms. The summed E-state index contributed by atoms with van der Waals surface area (Å²) >= 11 is 0. The zero-order valence-corrected chi connectivity index (χ0v) is 13.5. The first-order valence-corrected chi connectivity index (χ1v) is 7.57. The van der Waals surface area contributed by atoms with Crippen LogP contribution < -0.4 is 10.1 Å². The molecular formula is C17H20N4O2. The maximum absolute atomic E-state index is 12.4. The molecule has 2 aromatic heterocycles. The minimum Gasteiger partial charge on any atom is -0.497 e. The predicted octanol–water partition coefficient (Wildman–Crippen LogP) is 2.63. The van der Waals surface area contributed by atoms with Crippen molar-refractivity contribution < 1.29 is 9.53 Å². The minimum atomic E-state index is -0.136. The van der Waals surface area contributed by atoms with E-state index >= 15 is 0 Å². The molecule has 0 atom stereocenters. The number of hydrogen-bond donors (Lipinski definition) is 2. The molecule has 1 amide bonds. The van der Waals surface area contributed by atoms with Crippen LogP contribution >= 0.6 is 0 Å². The number of nitrogens with one attached hydrogen (secondary N) is 2. The van der Waals surface area contributed by atoms with Crippen molar-refractivity contribution in [2.24, 2.45) is 0 Å². The maximum Gasteiger partial charge on any atom is 0.268 e. The third-order valence-electron chi connectivity index (χ3n) is 3.97. The number of fused-ring (bicyclic) bond motifs is 1. The molecule has 0 saturated heterocycles. The van der Waals surface area contributed by atoms with Crippen LogP contribution in [-0.2, 0) is 13.1 Å². The third-order valence-corrected chi connectivity index (χ3v) is 3.97. The summed E-state index contributed by atoms with van der Waals surface area (Å²) in [6.45, 7) is 5.32. The highest BCUT2D eigenvalue weighted by molar-refractivity contribution is 5.99. The van der Waals surface area contributed by atoms with Gasteiger partial charge >= 0.3 is 0 Å². The Bertz CT molecular complexity index is 848. The van der Waals surface area contributed by atoms with Crippen molar-refractivity contribution in [3.8, 4) is 5.75 Å². The number of hydrogen-bond acceptors (Lipinski definition) is 3. The van der Waals surface area contributed by atoms with E-state index in [0.29, 0.717) is 12.2 Å². The Morgan fingerprint density at radius 3 is 2.96 bits per heavy atom.